The first-order valence-electron chi connectivity index (χ1n) is 5.98. The fourth-order valence-corrected chi connectivity index (χ4v) is 2.13. The smallest absolute Gasteiger partial charge is 0.234 e. The summed E-state index contributed by atoms with van der Waals surface area (Å²) in [6.07, 6.45) is 1.48. The van der Waals surface area contributed by atoms with Crippen LogP contribution in [0.1, 0.15) is 24.8 Å². The first-order valence-corrected chi connectivity index (χ1v) is 5.98. The number of nitrogens with zero attached hydrogens (tertiary/aromatic N) is 1. The van der Waals surface area contributed by atoms with Crippen LogP contribution in [0.15, 0.2) is 18.2 Å². The molecular formula is C13H16N2O3. The normalized spacial score (nSPS) is 14.5. The zero-order valence-corrected chi connectivity index (χ0v) is 10.1. The first-order chi connectivity index (χ1) is 8.63. The Labute approximate surface area is 105 Å². The van der Waals surface area contributed by atoms with Gasteiger partial charge in [0.15, 0.2) is 0 Å². The van der Waals surface area contributed by atoms with Gasteiger partial charge >= 0.3 is 0 Å². The lowest BCUT2D eigenvalue weighted by atomic mass is 10.00. The maximum atomic E-state index is 12.0. The van der Waals surface area contributed by atoms with Crippen molar-refractivity contribution in [2.24, 2.45) is 0 Å². The van der Waals surface area contributed by atoms with E-state index in [0.29, 0.717) is 30.6 Å². The molecule has 2 rings (SSSR count). The van der Waals surface area contributed by atoms with Gasteiger partial charge in [-0.2, -0.15) is 0 Å². The molecule has 0 bridgehead atoms. The van der Waals surface area contributed by atoms with Crippen molar-refractivity contribution < 1.29 is 14.7 Å². The number of rotatable bonds is 3. The maximum absolute atomic E-state index is 12.0. The van der Waals surface area contributed by atoms with E-state index in [2.05, 4.69) is 0 Å². The predicted octanol–water partition coefficient (Wildman–Crippen LogP) is 0.847. The summed E-state index contributed by atoms with van der Waals surface area (Å²) < 4.78 is 0. The third-order valence-electron chi connectivity index (χ3n) is 3.00. The van der Waals surface area contributed by atoms with Crippen molar-refractivity contribution >= 4 is 23.2 Å². The third kappa shape index (κ3) is 2.36. The molecule has 96 valence electrons. The molecule has 0 saturated carbocycles. The fraction of sp³-hybridized carbons (Fsp3) is 0.385. The molecule has 3 N–H and O–H groups in total. The van der Waals surface area contributed by atoms with E-state index >= 15 is 0 Å². The van der Waals surface area contributed by atoms with Gasteiger partial charge in [-0.15, -0.1) is 0 Å². The molecule has 1 aliphatic heterocycles. The van der Waals surface area contributed by atoms with Crippen LogP contribution in [-0.4, -0.2) is 23.5 Å². The standard InChI is InChI=1S/C13H16N2O3/c14-10-4-5-11-9(8-10)3-6-13(18)15(11)12(17)2-1-7-16/h4-5,8,16H,1-3,6-7,14H2. The van der Waals surface area contributed by atoms with E-state index in [1.54, 1.807) is 18.2 Å². The molecule has 0 aliphatic carbocycles. The highest BCUT2D eigenvalue weighted by Crippen LogP contribution is 2.30. The predicted molar refractivity (Wildman–Crippen MR) is 68.0 cm³/mol. The number of nitrogens with two attached hydrogens (primary N) is 1. The summed E-state index contributed by atoms with van der Waals surface area (Å²) in [5, 5.41) is 8.74. The molecule has 0 saturated heterocycles. The maximum Gasteiger partial charge on any atom is 0.234 e. The van der Waals surface area contributed by atoms with Gasteiger partial charge in [0.2, 0.25) is 11.8 Å². The van der Waals surface area contributed by atoms with Gasteiger partial charge in [0.1, 0.15) is 0 Å². The van der Waals surface area contributed by atoms with Gasteiger partial charge in [-0.25, -0.2) is 0 Å². The molecular weight excluding hydrogens is 232 g/mol. The zero-order valence-electron chi connectivity index (χ0n) is 10.1. The highest BCUT2D eigenvalue weighted by atomic mass is 16.3. The van der Waals surface area contributed by atoms with Crippen LogP contribution < -0.4 is 10.6 Å². The van der Waals surface area contributed by atoms with Gasteiger partial charge in [0.25, 0.3) is 0 Å². The minimum Gasteiger partial charge on any atom is -0.399 e. The number of aryl methyl sites for hydroxylation is 1. The van der Waals surface area contributed by atoms with E-state index in [0.717, 1.165) is 5.56 Å². The van der Waals surface area contributed by atoms with E-state index in [-0.39, 0.29) is 24.8 Å². The number of benzene rings is 1. The topological polar surface area (TPSA) is 83.6 Å². The average molecular weight is 248 g/mol. The molecule has 1 aromatic rings. The van der Waals surface area contributed by atoms with E-state index in [9.17, 15) is 9.59 Å². The van der Waals surface area contributed by atoms with Crippen LogP contribution in [0.5, 0.6) is 0 Å². The van der Waals surface area contributed by atoms with Gasteiger partial charge in [-0.1, -0.05) is 0 Å². The van der Waals surface area contributed by atoms with Gasteiger partial charge in [0.05, 0.1) is 5.69 Å². The Morgan fingerprint density at radius 3 is 2.89 bits per heavy atom. The summed E-state index contributed by atoms with van der Waals surface area (Å²) in [4.78, 5) is 25.1. The fourth-order valence-electron chi connectivity index (χ4n) is 2.13. The van der Waals surface area contributed by atoms with Crippen molar-refractivity contribution in [3.63, 3.8) is 0 Å². The van der Waals surface area contributed by atoms with Gasteiger partial charge in [-0.3, -0.25) is 14.5 Å². The number of aliphatic hydroxyl groups excluding tert-OH is 1. The number of nitrogen functional groups attached to an aromatic ring is 1. The van der Waals surface area contributed by atoms with E-state index in [1.165, 1.54) is 4.90 Å². The molecule has 1 aromatic carbocycles. The molecule has 2 amide bonds. The number of hydrogen-bond acceptors (Lipinski definition) is 4. The van der Waals surface area contributed by atoms with Gasteiger partial charge in [0, 0.05) is 25.1 Å². The monoisotopic (exact) mass is 248 g/mol. The molecule has 5 nitrogen and oxygen atoms in total. The van der Waals surface area contributed by atoms with Crippen LogP contribution in [0.3, 0.4) is 0 Å². The number of hydrogen-bond donors (Lipinski definition) is 2. The molecule has 0 radical (unpaired) electrons. The number of anilines is 2. The Bertz CT molecular complexity index is 485. The largest absolute Gasteiger partial charge is 0.399 e. The van der Waals surface area contributed by atoms with E-state index in [4.69, 9.17) is 10.8 Å². The van der Waals surface area contributed by atoms with Crippen LogP contribution in [-0.2, 0) is 16.0 Å². The first kappa shape index (κ1) is 12.6. The molecule has 5 heteroatoms. The molecule has 0 spiro atoms. The minimum atomic E-state index is -0.264. The minimum absolute atomic E-state index is 0.0532. The lowest BCUT2D eigenvalue weighted by Gasteiger charge is -2.28. The summed E-state index contributed by atoms with van der Waals surface area (Å²) in [5.41, 5.74) is 7.88. The highest BCUT2D eigenvalue weighted by Gasteiger charge is 2.28. The molecule has 0 aromatic heterocycles. The lowest BCUT2D eigenvalue weighted by molar-refractivity contribution is -0.127. The third-order valence-corrected chi connectivity index (χ3v) is 3.00. The van der Waals surface area contributed by atoms with Crippen molar-refractivity contribution in [1.29, 1.82) is 0 Å². The average Bonchev–Trinajstić information content (AvgIpc) is 2.36. The summed E-state index contributed by atoms with van der Waals surface area (Å²) in [6, 6.07) is 5.19. The zero-order chi connectivity index (χ0) is 13.1. The van der Waals surface area contributed by atoms with E-state index < -0.39 is 0 Å². The quantitative estimate of drug-likeness (QED) is 0.777. The molecule has 0 unspecified atom stereocenters. The van der Waals surface area contributed by atoms with Crippen LogP contribution >= 0.6 is 0 Å². The number of carbonyl (C=O) groups is 2. The molecule has 1 aliphatic rings. The number of carbonyl (C=O) groups excluding carboxylic acids is 2. The van der Waals surface area contributed by atoms with Gasteiger partial charge in [-0.05, 0) is 36.6 Å². The molecule has 0 atom stereocenters. The summed E-state index contributed by atoms with van der Waals surface area (Å²) >= 11 is 0. The highest BCUT2D eigenvalue weighted by molar-refractivity contribution is 6.16. The number of imide groups is 1. The van der Waals surface area contributed by atoms with E-state index in [1.807, 2.05) is 0 Å². The van der Waals surface area contributed by atoms with Crippen molar-refractivity contribution in [2.75, 3.05) is 17.2 Å². The van der Waals surface area contributed by atoms with Crippen molar-refractivity contribution in [3.8, 4) is 0 Å². The molecule has 0 fully saturated rings. The van der Waals surface area contributed by atoms with Crippen LogP contribution in [0.25, 0.3) is 0 Å². The van der Waals surface area contributed by atoms with Crippen LogP contribution in [0.2, 0.25) is 0 Å². The van der Waals surface area contributed by atoms with Crippen molar-refractivity contribution in [1.82, 2.24) is 0 Å². The van der Waals surface area contributed by atoms with Crippen LogP contribution in [0, 0.1) is 0 Å². The second-order valence-corrected chi connectivity index (χ2v) is 4.34. The Morgan fingerprint density at radius 2 is 2.17 bits per heavy atom. The lowest BCUT2D eigenvalue weighted by Crippen LogP contribution is -2.40. The SMILES string of the molecule is Nc1ccc2c(c1)CCC(=O)N2C(=O)CCCO. The summed E-state index contributed by atoms with van der Waals surface area (Å²) in [6.45, 7) is -0.0532. The van der Waals surface area contributed by atoms with Crippen LogP contribution in [0.4, 0.5) is 11.4 Å². The Kier molecular flexibility index (Phi) is 3.62. The van der Waals surface area contributed by atoms with Crippen molar-refractivity contribution in [3.05, 3.63) is 23.8 Å². The summed E-state index contributed by atoms with van der Waals surface area (Å²) in [5.74, 6) is -0.449. The van der Waals surface area contributed by atoms with Gasteiger partial charge < -0.3 is 10.8 Å². The molecule has 18 heavy (non-hydrogen) atoms. The van der Waals surface area contributed by atoms with Crippen molar-refractivity contribution in [2.45, 2.75) is 25.7 Å². The number of fused-ring (bicyclic) bond motifs is 1. The Balaban J connectivity index is 2.30. The number of aliphatic hydroxyl groups is 1. The second-order valence-electron chi connectivity index (χ2n) is 4.34. The number of amides is 2. The summed E-state index contributed by atoms with van der Waals surface area (Å²) in [7, 11) is 0. The second kappa shape index (κ2) is 5.18. The Morgan fingerprint density at radius 1 is 1.39 bits per heavy atom. The Hall–Kier alpha value is -1.88. The molecule has 1 heterocycles.